The molecule has 6 heteroatoms. The van der Waals surface area contributed by atoms with Crippen LogP contribution in [0.5, 0.6) is 0 Å². The summed E-state index contributed by atoms with van der Waals surface area (Å²) in [6.45, 7) is 9.83. The minimum atomic E-state index is -0.172. The number of thiophene rings is 1. The first-order chi connectivity index (χ1) is 13.9. The van der Waals surface area contributed by atoms with Crippen molar-refractivity contribution in [3.63, 3.8) is 0 Å². The number of urea groups is 1. The van der Waals surface area contributed by atoms with Crippen molar-refractivity contribution in [1.29, 1.82) is 0 Å². The van der Waals surface area contributed by atoms with Gasteiger partial charge in [-0.15, -0.1) is 11.3 Å². The molecule has 0 aliphatic carbocycles. The van der Waals surface area contributed by atoms with Crippen molar-refractivity contribution in [3.05, 3.63) is 57.8 Å². The highest BCUT2D eigenvalue weighted by Gasteiger charge is 2.24. The topological polar surface area (TPSA) is 52.7 Å². The third kappa shape index (κ3) is 7.20. The van der Waals surface area contributed by atoms with Gasteiger partial charge in [0.2, 0.25) is 5.91 Å². The third-order valence-corrected chi connectivity index (χ3v) is 5.88. The van der Waals surface area contributed by atoms with Crippen LogP contribution >= 0.6 is 11.3 Å². The number of hydrogen-bond acceptors (Lipinski definition) is 3. The first-order valence-corrected chi connectivity index (χ1v) is 11.2. The van der Waals surface area contributed by atoms with Crippen LogP contribution in [-0.4, -0.2) is 40.9 Å². The molecule has 0 aliphatic rings. The van der Waals surface area contributed by atoms with Crippen molar-refractivity contribution in [2.24, 2.45) is 0 Å². The molecule has 2 rings (SSSR count). The van der Waals surface area contributed by atoms with E-state index < -0.39 is 0 Å². The second kappa shape index (κ2) is 11.6. The highest BCUT2D eigenvalue weighted by atomic mass is 32.1. The lowest BCUT2D eigenvalue weighted by Gasteiger charge is -2.30. The van der Waals surface area contributed by atoms with Crippen LogP contribution in [-0.2, 0) is 17.9 Å². The summed E-state index contributed by atoms with van der Waals surface area (Å²) >= 11 is 1.66. The molecule has 5 nitrogen and oxygen atoms in total. The van der Waals surface area contributed by atoms with Crippen LogP contribution in [0.1, 0.15) is 49.6 Å². The molecule has 29 heavy (non-hydrogen) atoms. The van der Waals surface area contributed by atoms with Crippen LogP contribution < -0.4 is 5.32 Å². The molecule has 0 saturated heterocycles. The molecule has 0 bridgehead atoms. The van der Waals surface area contributed by atoms with E-state index in [1.807, 2.05) is 49.1 Å². The first kappa shape index (κ1) is 22.9. The Morgan fingerprint density at radius 1 is 1.10 bits per heavy atom. The van der Waals surface area contributed by atoms with Crippen molar-refractivity contribution in [1.82, 2.24) is 15.1 Å². The summed E-state index contributed by atoms with van der Waals surface area (Å²) in [5.41, 5.74) is 2.28. The molecule has 1 aromatic heterocycles. The molecule has 2 aromatic rings. The number of nitrogens with zero attached hydrogens (tertiary/aromatic N) is 2. The van der Waals surface area contributed by atoms with Gasteiger partial charge in [0.05, 0.1) is 6.54 Å². The lowest BCUT2D eigenvalue weighted by Crippen LogP contribution is -2.49. The summed E-state index contributed by atoms with van der Waals surface area (Å²) < 4.78 is 0. The SMILES string of the molecule is CCCCNC(=O)N(CC(=O)N(Cc1ccccc1)Cc1sccc1C)C(C)C. The summed E-state index contributed by atoms with van der Waals surface area (Å²) in [6, 6.07) is 11.8. The molecule has 0 aliphatic heterocycles. The van der Waals surface area contributed by atoms with E-state index in [2.05, 4.69) is 30.6 Å². The van der Waals surface area contributed by atoms with Gasteiger partial charge in [-0.2, -0.15) is 0 Å². The van der Waals surface area contributed by atoms with Crippen LogP contribution in [0.3, 0.4) is 0 Å². The quantitative estimate of drug-likeness (QED) is 0.567. The van der Waals surface area contributed by atoms with Crippen molar-refractivity contribution >= 4 is 23.3 Å². The van der Waals surface area contributed by atoms with Gasteiger partial charge >= 0.3 is 6.03 Å². The molecule has 1 N–H and O–H groups in total. The van der Waals surface area contributed by atoms with Crippen molar-refractivity contribution in [2.45, 2.75) is 59.7 Å². The van der Waals surface area contributed by atoms with Gasteiger partial charge in [0, 0.05) is 24.0 Å². The fourth-order valence-corrected chi connectivity index (χ4v) is 3.90. The first-order valence-electron chi connectivity index (χ1n) is 10.3. The van der Waals surface area contributed by atoms with Crippen molar-refractivity contribution in [3.8, 4) is 0 Å². The van der Waals surface area contributed by atoms with E-state index in [4.69, 9.17) is 0 Å². The van der Waals surface area contributed by atoms with Crippen LogP contribution in [0.25, 0.3) is 0 Å². The average Bonchev–Trinajstić information content (AvgIpc) is 3.10. The number of carbonyl (C=O) groups is 2. The normalized spacial score (nSPS) is 10.8. The smallest absolute Gasteiger partial charge is 0.318 e. The molecular formula is C23H33N3O2S. The van der Waals surface area contributed by atoms with Crippen LogP contribution in [0, 0.1) is 6.92 Å². The highest BCUT2D eigenvalue weighted by Crippen LogP contribution is 2.20. The standard InChI is InChI=1S/C23H33N3O2S/c1-5-6-13-24-23(28)26(18(2)3)17-22(27)25(15-20-10-8-7-9-11-20)16-21-19(4)12-14-29-21/h7-12,14,18H,5-6,13,15-17H2,1-4H3,(H,24,28). The number of aryl methyl sites for hydroxylation is 1. The maximum atomic E-state index is 13.2. The van der Waals surface area contributed by atoms with Gasteiger partial charge in [-0.1, -0.05) is 43.7 Å². The second-order valence-corrected chi connectivity index (χ2v) is 8.57. The van der Waals surface area contributed by atoms with E-state index in [1.54, 1.807) is 16.2 Å². The van der Waals surface area contributed by atoms with Crippen LogP contribution in [0.4, 0.5) is 4.79 Å². The van der Waals surface area contributed by atoms with E-state index in [1.165, 1.54) is 10.4 Å². The van der Waals surface area contributed by atoms with Gasteiger partial charge < -0.3 is 15.1 Å². The van der Waals surface area contributed by atoms with E-state index in [0.717, 1.165) is 18.4 Å². The summed E-state index contributed by atoms with van der Waals surface area (Å²) in [4.78, 5) is 30.5. The van der Waals surface area contributed by atoms with Gasteiger partial charge in [0.1, 0.15) is 6.54 Å². The molecule has 1 aromatic carbocycles. The van der Waals surface area contributed by atoms with E-state index in [0.29, 0.717) is 19.6 Å². The Morgan fingerprint density at radius 3 is 2.41 bits per heavy atom. The molecule has 0 fully saturated rings. The Balaban J connectivity index is 2.13. The third-order valence-electron chi connectivity index (χ3n) is 4.87. The summed E-state index contributed by atoms with van der Waals surface area (Å²) in [6.07, 6.45) is 1.95. The van der Waals surface area contributed by atoms with E-state index in [-0.39, 0.29) is 24.5 Å². The van der Waals surface area contributed by atoms with Gasteiger partial charge in [-0.3, -0.25) is 4.79 Å². The largest absolute Gasteiger partial charge is 0.338 e. The van der Waals surface area contributed by atoms with Crippen LogP contribution in [0.15, 0.2) is 41.8 Å². The Kier molecular flexibility index (Phi) is 9.19. The lowest BCUT2D eigenvalue weighted by atomic mass is 10.2. The molecule has 0 radical (unpaired) electrons. The minimum absolute atomic E-state index is 0.0407. The van der Waals surface area contributed by atoms with Crippen molar-refractivity contribution < 1.29 is 9.59 Å². The van der Waals surface area contributed by atoms with Gasteiger partial charge in [0.25, 0.3) is 0 Å². The molecular weight excluding hydrogens is 382 g/mol. The number of hydrogen-bond donors (Lipinski definition) is 1. The molecule has 0 atom stereocenters. The van der Waals surface area contributed by atoms with Gasteiger partial charge in [0.15, 0.2) is 0 Å². The van der Waals surface area contributed by atoms with E-state index >= 15 is 0 Å². The lowest BCUT2D eigenvalue weighted by molar-refractivity contribution is -0.133. The Labute approximate surface area is 178 Å². The zero-order valence-electron chi connectivity index (χ0n) is 18.0. The summed E-state index contributed by atoms with van der Waals surface area (Å²) in [5, 5.41) is 4.99. The zero-order valence-corrected chi connectivity index (χ0v) is 18.8. The van der Waals surface area contributed by atoms with Crippen LogP contribution in [0.2, 0.25) is 0 Å². The number of carbonyl (C=O) groups excluding carboxylic acids is 2. The molecule has 3 amide bonds. The fraction of sp³-hybridized carbons (Fsp3) is 0.478. The summed E-state index contributed by atoms with van der Waals surface area (Å²) in [5.74, 6) is -0.0407. The Morgan fingerprint density at radius 2 is 1.83 bits per heavy atom. The molecule has 0 saturated carbocycles. The average molecular weight is 416 g/mol. The highest BCUT2D eigenvalue weighted by molar-refractivity contribution is 7.10. The Bertz CT molecular complexity index is 773. The monoisotopic (exact) mass is 415 g/mol. The zero-order chi connectivity index (χ0) is 21.2. The van der Waals surface area contributed by atoms with E-state index in [9.17, 15) is 9.59 Å². The molecule has 1 heterocycles. The number of unbranched alkanes of at least 4 members (excludes halogenated alkanes) is 1. The second-order valence-electron chi connectivity index (χ2n) is 7.57. The fourth-order valence-electron chi connectivity index (χ4n) is 2.98. The Hall–Kier alpha value is -2.34. The number of amides is 3. The van der Waals surface area contributed by atoms with Gasteiger partial charge in [-0.25, -0.2) is 4.79 Å². The number of nitrogens with one attached hydrogen (secondary N) is 1. The minimum Gasteiger partial charge on any atom is -0.338 e. The molecule has 0 spiro atoms. The maximum absolute atomic E-state index is 13.2. The molecule has 0 unspecified atom stereocenters. The molecule has 158 valence electrons. The van der Waals surface area contributed by atoms with Crippen molar-refractivity contribution in [2.75, 3.05) is 13.1 Å². The van der Waals surface area contributed by atoms with Gasteiger partial charge in [-0.05, 0) is 49.8 Å². The maximum Gasteiger partial charge on any atom is 0.318 e. The number of rotatable bonds is 10. The predicted molar refractivity (Wildman–Crippen MR) is 120 cm³/mol. The summed E-state index contributed by atoms with van der Waals surface area (Å²) in [7, 11) is 0. The predicted octanol–water partition coefficient (Wildman–Crippen LogP) is 4.81. The number of benzene rings is 1.